The zero-order chi connectivity index (χ0) is 24.2. The number of benzene rings is 1. The van der Waals surface area contributed by atoms with Gasteiger partial charge in [0.05, 0.1) is 30.6 Å². The van der Waals surface area contributed by atoms with Crippen LogP contribution < -0.4 is 10.6 Å². The zero-order valence-corrected chi connectivity index (χ0v) is 21.0. The highest BCUT2D eigenvalue weighted by Crippen LogP contribution is 2.33. The second-order valence-electron chi connectivity index (χ2n) is 9.29. The van der Waals surface area contributed by atoms with Gasteiger partial charge >= 0.3 is 0 Å². The van der Waals surface area contributed by atoms with Gasteiger partial charge in [0.2, 0.25) is 5.95 Å². The number of anilines is 2. The highest BCUT2D eigenvalue weighted by Gasteiger charge is 2.31. The van der Waals surface area contributed by atoms with Crippen molar-refractivity contribution in [3.05, 3.63) is 39.7 Å². The van der Waals surface area contributed by atoms with Gasteiger partial charge in [0.25, 0.3) is 0 Å². The van der Waals surface area contributed by atoms with Gasteiger partial charge in [-0.3, -0.25) is 4.68 Å². The number of aliphatic hydroxyl groups is 2. The van der Waals surface area contributed by atoms with Crippen LogP contribution in [-0.4, -0.2) is 64.4 Å². The molecular weight excluding hydrogens is 554 g/mol. The van der Waals surface area contributed by atoms with Crippen LogP contribution >= 0.6 is 22.6 Å². The summed E-state index contributed by atoms with van der Waals surface area (Å²) in [5.74, 6) is 0.545. The second-order valence-corrected chi connectivity index (χ2v) is 10.4. The first-order chi connectivity index (χ1) is 16.1. The molecule has 0 bridgehead atoms. The smallest absolute Gasteiger partial charge is 0.223 e. The quantitative estimate of drug-likeness (QED) is 0.307. The van der Waals surface area contributed by atoms with E-state index in [1.54, 1.807) is 17.8 Å². The molecule has 0 aliphatic carbocycles. The number of piperidine rings is 1. The summed E-state index contributed by atoms with van der Waals surface area (Å²) in [6.07, 6.45) is 5.48. The molecule has 0 spiro atoms. The van der Waals surface area contributed by atoms with E-state index < -0.39 is 5.60 Å². The molecule has 4 aromatic rings. The molecule has 1 aliphatic rings. The largest absolute Gasteiger partial charge is 0.393 e. The molecule has 3 atom stereocenters. The lowest BCUT2D eigenvalue weighted by atomic mass is 9.92. The summed E-state index contributed by atoms with van der Waals surface area (Å²) in [4.78, 5) is 11.4. The van der Waals surface area contributed by atoms with E-state index in [0.717, 1.165) is 18.5 Å². The monoisotopic (exact) mass is 580 g/mol. The fraction of sp³-hybridized carbons (Fsp3) is 0.455. The third-order valence-electron chi connectivity index (χ3n) is 6.38. The zero-order valence-electron chi connectivity index (χ0n) is 18.9. The Bertz CT molecular complexity index is 1370. The molecule has 0 radical (unpaired) electrons. The van der Waals surface area contributed by atoms with E-state index >= 15 is 0 Å². The molecule has 1 aromatic carbocycles. The molecular formula is C22H26FIN8O2. The van der Waals surface area contributed by atoms with Crippen LogP contribution in [0.1, 0.15) is 38.4 Å². The van der Waals surface area contributed by atoms with E-state index in [1.165, 1.54) is 16.6 Å². The summed E-state index contributed by atoms with van der Waals surface area (Å²) in [5, 5.41) is 29.1. The lowest BCUT2D eigenvalue weighted by Crippen LogP contribution is -2.41. The first-order valence-corrected chi connectivity index (χ1v) is 12.2. The molecule has 10 nitrogen and oxygen atoms in total. The number of halogens is 2. The molecule has 5 rings (SSSR count). The molecule has 3 aromatic heterocycles. The van der Waals surface area contributed by atoms with Gasteiger partial charge in [-0.05, 0) is 61.4 Å². The van der Waals surface area contributed by atoms with Crippen molar-refractivity contribution in [3.8, 4) is 0 Å². The van der Waals surface area contributed by atoms with Crippen LogP contribution in [0.2, 0.25) is 0 Å². The molecule has 180 valence electrons. The van der Waals surface area contributed by atoms with Gasteiger partial charge < -0.3 is 20.8 Å². The number of fused-ring (bicyclic) bond motifs is 3. The SMILES string of the molecule is CC1CCC(c2nc3c4cc(F)cc(I)c4nc(N)n3n2)CN1c1cnn(CC(C)(O)CO)c1. The third-order valence-corrected chi connectivity index (χ3v) is 7.20. The summed E-state index contributed by atoms with van der Waals surface area (Å²) in [6.45, 7) is 4.25. The maximum atomic E-state index is 14.1. The van der Waals surface area contributed by atoms with Crippen molar-refractivity contribution in [2.24, 2.45) is 0 Å². The number of hydrogen-bond donors (Lipinski definition) is 3. The van der Waals surface area contributed by atoms with Crippen LogP contribution in [0.25, 0.3) is 16.6 Å². The van der Waals surface area contributed by atoms with Crippen LogP contribution in [0.5, 0.6) is 0 Å². The van der Waals surface area contributed by atoms with Gasteiger partial charge in [-0.15, -0.1) is 5.10 Å². The summed E-state index contributed by atoms with van der Waals surface area (Å²) >= 11 is 2.05. The van der Waals surface area contributed by atoms with Crippen molar-refractivity contribution in [1.82, 2.24) is 29.4 Å². The Morgan fingerprint density at radius 3 is 2.85 bits per heavy atom. The predicted molar refractivity (Wildman–Crippen MR) is 134 cm³/mol. The van der Waals surface area contributed by atoms with Crippen LogP contribution in [0, 0.1) is 9.39 Å². The average Bonchev–Trinajstić information content (AvgIpc) is 3.43. The van der Waals surface area contributed by atoms with Gasteiger partial charge in [-0.2, -0.15) is 9.61 Å². The Hall–Kier alpha value is -2.58. The second kappa shape index (κ2) is 8.57. The Morgan fingerprint density at radius 1 is 1.29 bits per heavy atom. The number of hydrogen-bond acceptors (Lipinski definition) is 8. The number of aromatic nitrogens is 6. The van der Waals surface area contributed by atoms with E-state index in [0.29, 0.717) is 32.5 Å². The van der Waals surface area contributed by atoms with Crippen molar-refractivity contribution in [3.63, 3.8) is 0 Å². The maximum absolute atomic E-state index is 14.1. The Balaban J connectivity index is 1.47. The van der Waals surface area contributed by atoms with Crippen molar-refractivity contribution in [1.29, 1.82) is 0 Å². The molecule has 1 saturated heterocycles. The molecule has 1 fully saturated rings. The van der Waals surface area contributed by atoms with Crippen molar-refractivity contribution in [2.45, 2.75) is 50.8 Å². The first kappa shape index (κ1) is 23.2. The first-order valence-electron chi connectivity index (χ1n) is 11.1. The van der Waals surface area contributed by atoms with Crippen molar-refractivity contribution >= 4 is 50.8 Å². The van der Waals surface area contributed by atoms with Gasteiger partial charge in [0.15, 0.2) is 11.5 Å². The highest BCUT2D eigenvalue weighted by atomic mass is 127. The van der Waals surface area contributed by atoms with Crippen LogP contribution in [0.4, 0.5) is 16.0 Å². The topological polar surface area (TPSA) is 131 Å². The van der Waals surface area contributed by atoms with E-state index in [-0.39, 0.29) is 36.9 Å². The van der Waals surface area contributed by atoms with E-state index in [9.17, 15) is 14.6 Å². The number of aliphatic hydroxyl groups excluding tert-OH is 1. The van der Waals surface area contributed by atoms with Gasteiger partial charge in [-0.1, -0.05) is 0 Å². The molecule has 0 amide bonds. The number of nitrogens with two attached hydrogens (primary N) is 1. The number of nitrogen functional groups attached to an aromatic ring is 1. The normalized spacial score (nSPS) is 20.8. The molecule has 1 aliphatic heterocycles. The molecule has 3 unspecified atom stereocenters. The lowest BCUT2D eigenvalue weighted by Gasteiger charge is -2.37. The summed E-state index contributed by atoms with van der Waals surface area (Å²) in [6, 6.07) is 3.12. The fourth-order valence-corrected chi connectivity index (χ4v) is 5.22. The predicted octanol–water partition coefficient (Wildman–Crippen LogP) is 2.32. The maximum Gasteiger partial charge on any atom is 0.223 e. The van der Waals surface area contributed by atoms with Crippen molar-refractivity contribution in [2.75, 3.05) is 23.8 Å². The van der Waals surface area contributed by atoms with Crippen LogP contribution in [-0.2, 0) is 6.54 Å². The van der Waals surface area contributed by atoms with E-state index in [4.69, 9.17) is 10.7 Å². The minimum atomic E-state index is -1.24. The fourth-order valence-electron chi connectivity index (χ4n) is 4.51. The van der Waals surface area contributed by atoms with Crippen LogP contribution in [0.3, 0.4) is 0 Å². The molecule has 12 heteroatoms. The lowest BCUT2D eigenvalue weighted by molar-refractivity contribution is -0.0145. The van der Waals surface area contributed by atoms with E-state index in [2.05, 4.69) is 27.0 Å². The molecule has 34 heavy (non-hydrogen) atoms. The molecule has 0 saturated carbocycles. The number of nitrogens with zero attached hydrogens (tertiary/aromatic N) is 7. The molecule has 4 heterocycles. The minimum absolute atomic E-state index is 0.0436. The van der Waals surface area contributed by atoms with Gasteiger partial charge in [0, 0.05) is 33.7 Å². The highest BCUT2D eigenvalue weighted by molar-refractivity contribution is 14.1. The Kier molecular flexibility index (Phi) is 5.84. The van der Waals surface area contributed by atoms with Gasteiger partial charge in [0.1, 0.15) is 11.4 Å². The summed E-state index contributed by atoms with van der Waals surface area (Å²) < 4.78 is 17.9. The minimum Gasteiger partial charge on any atom is -0.393 e. The van der Waals surface area contributed by atoms with Crippen molar-refractivity contribution < 1.29 is 14.6 Å². The summed E-state index contributed by atoms with van der Waals surface area (Å²) in [7, 11) is 0. The molecule has 4 N–H and O–H groups in total. The summed E-state index contributed by atoms with van der Waals surface area (Å²) in [5.41, 5.74) is 6.96. The van der Waals surface area contributed by atoms with Gasteiger partial charge in [-0.25, -0.2) is 14.4 Å². The third kappa shape index (κ3) is 4.18. The average molecular weight is 580 g/mol. The Labute approximate surface area is 208 Å². The standard InChI is InChI=1S/C22H26FIN8O2/c1-12-3-4-13(8-31(12)15-7-26-30(9-15)10-22(2,34)11-33)19-28-20-16-5-14(23)6-17(24)18(16)27-21(25)32(20)29-19/h5-7,9,12-13,33-34H,3-4,8,10-11H2,1-2H3,(H2,25,27). The Morgan fingerprint density at radius 2 is 2.09 bits per heavy atom. The van der Waals surface area contributed by atoms with Crippen LogP contribution in [0.15, 0.2) is 24.5 Å². The van der Waals surface area contributed by atoms with E-state index in [1.807, 2.05) is 28.8 Å². The number of rotatable bonds is 5.